The van der Waals surface area contributed by atoms with Crippen LogP contribution in [0.25, 0.3) is 0 Å². The van der Waals surface area contributed by atoms with Crippen molar-refractivity contribution in [3.8, 4) is 0 Å². The predicted molar refractivity (Wildman–Crippen MR) is 130 cm³/mol. The summed E-state index contributed by atoms with van der Waals surface area (Å²) in [6.45, 7) is 1.81. The van der Waals surface area contributed by atoms with Crippen LogP contribution in [0.1, 0.15) is 81.7 Å². The van der Waals surface area contributed by atoms with Crippen LogP contribution < -0.4 is 0 Å². The van der Waals surface area contributed by atoms with Crippen molar-refractivity contribution in [2.75, 3.05) is 7.11 Å². The smallest absolute Gasteiger partial charge is 0.432 e. The molecule has 5 nitrogen and oxygen atoms in total. The molecule has 2 aromatic carbocycles. The number of nitrogens with one attached hydrogen (secondary N) is 1. The summed E-state index contributed by atoms with van der Waals surface area (Å²) in [4.78, 5) is 15.2. The zero-order chi connectivity index (χ0) is 26.1. The van der Waals surface area contributed by atoms with E-state index in [-0.39, 0.29) is 16.2 Å². The number of aromatic amines is 1. The first-order valence-corrected chi connectivity index (χ1v) is 13.4. The van der Waals surface area contributed by atoms with Gasteiger partial charge in [0.1, 0.15) is 10.9 Å². The summed E-state index contributed by atoms with van der Waals surface area (Å²) >= 11 is 0. The first-order valence-electron chi connectivity index (χ1n) is 11.8. The van der Waals surface area contributed by atoms with Gasteiger partial charge in [0.25, 0.3) is 0 Å². The summed E-state index contributed by atoms with van der Waals surface area (Å²) in [7, 11) is -3.19. The fourth-order valence-corrected chi connectivity index (χ4v) is 6.87. The summed E-state index contributed by atoms with van der Waals surface area (Å²) in [5, 5.41) is -1.47. The molecule has 0 spiro atoms. The molecule has 3 aromatic rings. The van der Waals surface area contributed by atoms with Gasteiger partial charge in [-0.2, -0.15) is 13.2 Å². The fourth-order valence-electron chi connectivity index (χ4n) is 5.08. The number of carbonyl (C=O) groups excluding carboxylic acids is 1. The number of hydrogen-bond acceptors (Lipinski definition) is 4. The quantitative estimate of drug-likeness (QED) is 0.366. The Morgan fingerprint density at radius 1 is 1.00 bits per heavy atom. The van der Waals surface area contributed by atoms with Crippen LogP contribution in [0.2, 0.25) is 0 Å². The topological polar surface area (TPSA) is 76.2 Å². The van der Waals surface area contributed by atoms with Gasteiger partial charge >= 0.3 is 12.1 Å². The molecule has 1 aromatic heterocycles. The molecule has 1 saturated carbocycles. The van der Waals surface area contributed by atoms with Crippen molar-refractivity contribution in [1.82, 2.24) is 4.98 Å². The van der Waals surface area contributed by atoms with Crippen molar-refractivity contribution < 1.29 is 31.1 Å². The summed E-state index contributed by atoms with van der Waals surface area (Å²) in [6.07, 6.45) is -1.33. The van der Waals surface area contributed by atoms with Gasteiger partial charge in [-0.3, -0.25) is 0 Å². The van der Waals surface area contributed by atoms with E-state index in [0.717, 1.165) is 31.9 Å². The Bertz CT molecular complexity index is 1320. The third kappa shape index (κ3) is 4.93. The molecule has 0 bridgehead atoms. The molecule has 9 heteroatoms. The van der Waals surface area contributed by atoms with Crippen molar-refractivity contribution in [3.05, 3.63) is 88.2 Å². The molecule has 0 saturated heterocycles. The molecule has 1 heterocycles. The number of halogens is 3. The first kappa shape index (κ1) is 26.0. The van der Waals surface area contributed by atoms with Gasteiger partial charge in [-0.25, -0.2) is 13.2 Å². The van der Waals surface area contributed by atoms with E-state index in [9.17, 15) is 26.4 Å². The molecule has 36 heavy (non-hydrogen) atoms. The van der Waals surface area contributed by atoms with E-state index in [1.54, 1.807) is 42.5 Å². The lowest BCUT2D eigenvalue weighted by Crippen LogP contribution is -2.20. The van der Waals surface area contributed by atoms with Crippen LogP contribution in [0.3, 0.4) is 0 Å². The maximum Gasteiger partial charge on any atom is 0.432 e. The Morgan fingerprint density at radius 2 is 1.61 bits per heavy atom. The normalized spacial score (nSPS) is 16.0. The number of carbonyl (C=O) groups is 1. The van der Waals surface area contributed by atoms with E-state index in [2.05, 4.69) is 4.98 Å². The number of alkyl halides is 3. The van der Waals surface area contributed by atoms with Crippen molar-refractivity contribution in [1.29, 1.82) is 0 Å². The van der Waals surface area contributed by atoms with E-state index >= 15 is 0 Å². The molecule has 0 aliphatic heterocycles. The van der Waals surface area contributed by atoms with E-state index in [1.807, 2.05) is 6.92 Å². The Labute approximate surface area is 208 Å². The van der Waals surface area contributed by atoms with Crippen LogP contribution >= 0.6 is 0 Å². The fraction of sp³-hybridized carbons (Fsp3) is 0.370. The number of aryl methyl sites for hydroxylation is 1. The minimum atomic E-state index is -4.92. The molecule has 1 fully saturated rings. The number of hydrogen-bond donors (Lipinski definition) is 1. The Balaban J connectivity index is 2.07. The molecule has 1 aliphatic rings. The van der Waals surface area contributed by atoms with Gasteiger partial charge < -0.3 is 9.72 Å². The molecular formula is C27H28F3NO4S. The third-order valence-electron chi connectivity index (χ3n) is 6.78. The Morgan fingerprint density at radius 3 is 2.17 bits per heavy atom. The number of rotatable bonds is 6. The summed E-state index contributed by atoms with van der Waals surface area (Å²) in [5.41, 5.74) is -0.765. The standard InChI is InChI=1S/C27H28F3NO4S/c1-17-13-15-20(16-14-17)36(33,34)24(19-11-7-4-8-12-19)23-21(18-9-5-3-6-10-18)22(26(32)35-2)25(31-23)27(28,29)30/h4,7-8,11-16,18,24,31H,3,5-6,9-10H2,1-2H3. The minimum Gasteiger partial charge on any atom is -0.465 e. The highest BCUT2D eigenvalue weighted by atomic mass is 32.2. The number of ether oxygens (including phenoxy) is 1. The predicted octanol–water partition coefficient (Wildman–Crippen LogP) is 6.74. The molecule has 0 amide bonds. The first-order chi connectivity index (χ1) is 17.1. The molecular weight excluding hydrogens is 491 g/mol. The Hall–Kier alpha value is -3.07. The zero-order valence-corrected chi connectivity index (χ0v) is 20.9. The van der Waals surface area contributed by atoms with Crippen molar-refractivity contribution in [3.63, 3.8) is 0 Å². The van der Waals surface area contributed by atoms with Gasteiger partial charge in [0.2, 0.25) is 0 Å². The van der Waals surface area contributed by atoms with Gasteiger partial charge in [-0.15, -0.1) is 0 Å². The maximum absolute atomic E-state index is 14.2. The molecule has 1 aliphatic carbocycles. The Kier molecular flexibility index (Phi) is 7.31. The molecule has 1 atom stereocenters. The SMILES string of the molecule is COC(=O)c1c(C(F)(F)F)[nH]c(C(c2ccccc2)S(=O)(=O)c2ccc(C)cc2)c1C1CCCCC1. The average Bonchev–Trinajstić information content (AvgIpc) is 3.25. The van der Waals surface area contributed by atoms with Crippen LogP contribution in [0, 0.1) is 6.92 Å². The molecule has 1 unspecified atom stereocenters. The summed E-state index contributed by atoms with van der Waals surface area (Å²) in [5.74, 6) is -1.54. The van der Waals surface area contributed by atoms with Gasteiger partial charge in [0, 0.05) is 5.69 Å². The second-order valence-corrected chi connectivity index (χ2v) is 11.2. The number of methoxy groups -OCH3 is 1. The number of benzene rings is 2. The van der Waals surface area contributed by atoms with Crippen LogP contribution in [0.15, 0.2) is 59.5 Å². The number of H-pyrrole nitrogens is 1. The highest BCUT2D eigenvalue weighted by molar-refractivity contribution is 7.91. The summed E-state index contributed by atoms with van der Waals surface area (Å²) < 4.78 is 75.7. The second-order valence-electron chi connectivity index (χ2n) is 9.18. The lowest BCUT2D eigenvalue weighted by Gasteiger charge is -2.26. The molecule has 1 N–H and O–H groups in total. The summed E-state index contributed by atoms with van der Waals surface area (Å²) in [6, 6.07) is 14.3. The van der Waals surface area contributed by atoms with E-state index in [1.165, 1.54) is 12.1 Å². The van der Waals surface area contributed by atoms with E-state index in [0.29, 0.717) is 18.4 Å². The van der Waals surface area contributed by atoms with Gasteiger partial charge in [0.05, 0.1) is 17.6 Å². The highest BCUT2D eigenvalue weighted by Gasteiger charge is 2.45. The van der Waals surface area contributed by atoms with E-state index in [4.69, 9.17) is 4.74 Å². The van der Waals surface area contributed by atoms with E-state index < -0.39 is 44.4 Å². The molecule has 0 radical (unpaired) electrons. The second kappa shape index (κ2) is 10.1. The molecule has 4 rings (SSSR count). The monoisotopic (exact) mass is 519 g/mol. The average molecular weight is 520 g/mol. The lowest BCUT2D eigenvalue weighted by molar-refractivity contribution is -0.141. The number of sulfone groups is 1. The van der Waals surface area contributed by atoms with Crippen LogP contribution in [-0.2, 0) is 20.8 Å². The molecule has 192 valence electrons. The maximum atomic E-state index is 14.2. The number of aromatic nitrogens is 1. The van der Waals surface area contributed by atoms with Gasteiger partial charge in [-0.1, -0.05) is 67.3 Å². The zero-order valence-electron chi connectivity index (χ0n) is 20.1. The van der Waals surface area contributed by atoms with Gasteiger partial charge in [0.15, 0.2) is 9.84 Å². The van der Waals surface area contributed by atoms with Crippen molar-refractivity contribution in [2.24, 2.45) is 0 Å². The van der Waals surface area contributed by atoms with Crippen LogP contribution in [0.5, 0.6) is 0 Å². The van der Waals surface area contributed by atoms with Crippen LogP contribution in [0.4, 0.5) is 13.2 Å². The van der Waals surface area contributed by atoms with Crippen molar-refractivity contribution in [2.45, 2.75) is 61.3 Å². The highest BCUT2D eigenvalue weighted by Crippen LogP contribution is 2.47. The van der Waals surface area contributed by atoms with Crippen LogP contribution in [-0.4, -0.2) is 26.5 Å². The minimum absolute atomic E-state index is 0.0145. The number of esters is 1. The lowest BCUT2D eigenvalue weighted by atomic mass is 9.81. The van der Waals surface area contributed by atoms with Gasteiger partial charge in [-0.05, 0) is 48.9 Å². The largest absolute Gasteiger partial charge is 0.465 e. The third-order valence-corrected chi connectivity index (χ3v) is 8.84. The van der Waals surface area contributed by atoms with Crippen molar-refractivity contribution >= 4 is 15.8 Å².